The molecule has 3 rings (SSSR count). The van der Waals surface area contributed by atoms with Crippen molar-refractivity contribution in [2.45, 2.75) is 12.8 Å². The molecule has 0 saturated heterocycles. The Morgan fingerprint density at radius 2 is 2.10 bits per heavy atom. The van der Waals surface area contributed by atoms with Crippen LogP contribution in [0.15, 0.2) is 46.8 Å². The van der Waals surface area contributed by atoms with E-state index in [4.69, 9.17) is 10.5 Å². The summed E-state index contributed by atoms with van der Waals surface area (Å²) in [5.41, 5.74) is 7.84. The van der Waals surface area contributed by atoms with Crippen LogP contribution in [-0.2, 0) is 0 Å². The Morgan fingerprint density at radius 3 is 2.76 bits per heavy atom. The third-order valence-electron chi connectivity index (χ3n) is 3.43. The molecule has 3 N–H and O–H groups in total. The zero-order valence-electron chi connectivity index (χ0n) is 11.3. The highest BCUT2D eigenvalue weighted by Gasteiger charge is 2.33. The summed E-state index contributed by atoms with van der Waals surface area (Å²) in [5, 5.41) is 9.36. The molecule has 0 bridgehead atoms. The monoisotopic (exact) mass is 280 g/mol. The van der Waals surface area contributed by atoms with E-state index in [9.17, 15) is 10.1 Å². The summed E-state index contributed by atoms with van der Waals surface area (Å²) in [4.78, 5) is 18.6. The highest BCUT2D eigenvalue weighted by atomic mass is 16.5. The number of fused-ring (bicyclic) bond motifs is 1. The van der Waals surface area contributed by atoms with E-state index in [0.717, 1.165) is 11.1 Å². The third kappa shape index (κ3) is 2.05. The van der Waals surface area contributed by atoms with Gasteiger partial charge < -0.3 is 15.5 Å². The van der Waals surface area contributed by atoms with Gasteiger partial charge >= 0.3 is 0 Å². The fourth-order valence-electron chi connectivity index (χ4n) is 2.39. The number of benzene rings is 1. The topological polar surface area (TPSA) is 105 Å². The highest BCUT2D eigenvalue weighted by Crippen LogP contribution is 2.38. The zero-order chi connectivity index (χ0) is 15.0. The summed E-state index contributed by atoms with van der Waals surface area (Å²) in [6.45, 7) is 1.96. The molecule has 0 amide bonds. The number of aryl methyl sites for hydroxylation is 1. The van der Waals surface area contributed by atoms with E-state index >= 15 is 0 Å². The third-order valence-corrected chi connectivity index (χ3v) is 3.43. The molecule has 1 aromatic heterocycles. The van der Waals surface area contributed by atoms with Gasteiger partial charge in [-0.25, -0.2) is 4.98 Å². The number of hydrogen-bond donors (Lipinski definition) is 2. The van der Waals surface area contributed by atoms with E-state index in [1.165, 1.54) is 6.33 Å². The van der Waals surface area contributed by atoms with Crippen LogP contribution in [0.4, 0.5) is 0 Å². The lowest BCUT2D eigenvalue weighted by molar-refractivity contribution is 0.375. The number of aromatic nitrogens is 2. The first-order valence-electron chi connectivity index (χ1n) is 6.33. The van der Waals surface area contributed by atoms with Gasteiger partial charge in [0.25, 0.3) is 5.56 Å². The molecule has 21 heavy (non-hydrogen) atoms. The average molecular weight is 280 g/mol. The van der Waals surface area contributed by atoms with Crippen LogP contribution in [0.2, 0.25) is 0 Å². The summed E-state index contributed by atoms with van der Waals surface area (Å²) in [7, 11) is 0. The van der Waals surface area contributed by atoms with Gasteiger partial charge in [-0.1, -0.05) is 29.8 Å². The van der Waals surface area contributed by atoms with Crippen molar-refractivity contribution < 1.29 is 4.74 Å². The average Bonchev–Trinajstić information content (AvgIpc) is 2.47. The van der Waals surface area contributed by atoms with Crippen molar-refractivity contribution >= 4 is 0 Å². The molecule has 6 nitrogen and oxygen atoms in total. The smallest absolute Gasteiger partial charge is 0.258 e. The van der Waals surface area contributed by atoms with Gasteiger partial charge in [-0.15, -0.1) is 0 Å². The van der Waals surface area contributed by atoms with Crippen molar-refractivity contribution in [2.75, 3.05) is 0 Å². The van der Waals surface area contributed by atoms with Crippen LogP contribution in [-0.4, -0.2) is 9.97 Å². The number of aromatic amines is 1. The molecular weight excluding hydrogens is 268 g/mol. The van der Waals surface area contributed by atoms with Gasteiger partial charge in [0.1, 0.15) is 11.6 Å². The molecule has 104 valence electrons. The second-order valence-corrected chi connectivity index (χ2v) is 4.79. The zero-order valence-corrected chi connectivity index (χ0v) is 11.3. The van der Waals surface area contributed by atoms with Crippen LogP contribution < -0.4 is 16.0 Å². The number of nitriles is 1. The van der Waals surface area contributed by atoms with Crippen LogP contribution in [0.5, 0.6) is 5.88 Å². The molecule has 0 spiro atoms. The minimum atomic E-state index is -0.572. The number of allylic oxidation sites excluding steroid dienone is 1. The van der Waals surface area contributed by atoms with Crippen LogP contribution in [0.25, 0.3) is 0 Å². The van der Waals surface area contributed by atoms with E-state index in [-0.39, 0.29) is 22.9 Å². The van der Waals surface area contributed by atoms with E-state index in [1.807, 2.05) is 37.3 Å². The minimum absolute atomic E-state index is 0.0197. The van der Waals surface area contributed by atoms with E-state index in [1.54, 1.807) is 0 Å². The molecule has 0 fully saturated rings. The molecule has 2 aromatic rings. The van der Waals surface area contributed by atoms with Gasteiger partial charge in [0.15, 0.2) is 0 Å². The number of H-pyrrole nitrogens is 1. The second kappa shape index (κ2) is 4.80. The number of nitrogens with zero attached hydrogens (tertiary/aromatic N) is 2. The number of nitrogens with two attached hydrogens (primary N) is 1. The van der Waals surface area contributed by atoms with Crippen LogP contribution in [0, 0.1) is 18.3 Å². The maximum atomic E-state index is 12.1. The van der Waals surface area contributed by atoms with Crippen molar-refractivity contribution in [1.82, 2.24) is 9.97 Å². The summed E-state index contributed by atoms with van der Waals surface area (Å²) < 4.78 is 5.30. The normalized spacial score (nSPS) is 16.9. The Balaban J connectivity index is 2.28. The number of rotatable bonds is 1. The molecule has 1 aliphatic rings. The van der Waals surface area contributed by atoms with Crippen molar-refractivity contribution in [3.63, 3.8) is 0 Å². The van der Waals surface area contributed by atoms with Crippen molar-refractivity contribution in [3.05, 3.63) is 69.1 Å². The fourth-order valence-corrected chi connectivity index (χ4v) is 2.39. The van der Waals surface area contributed by atoms with E-state index < -0.39 is 5.92 Å². The molecule has 1 atom stereocenters. The van der Waals surface area contributed by atoms with Gasteiger partial charge in [-0.05, 0) is 12.5 Å². The van der Waals surface area contributed by atoms with Gasteiger partial charge in [-0.3, -0.25) is 4.79 Å². The van der Waals surface area contributed by atoms with Crippen LogP contribution in [0.3, 0.4) is 0 Å². The van der Waals surface area contributed by atoms with E-state index in [2.05, 4.69) is 9.97 Å². The van der Waals surface area contributed by atoms with Gasteiger partial charge in [0.2, 0.25) is 11.8 Å². The Morgan fingerprint density at radius 1 is 1.38 bits per heavy atom. The molecule has 0 radical (unpaired) electrons. The minimum Gasteiger partial charge on any atom is -0.422 e. The summed E-state index contributed by atoms with van der Waals surface area (Å²) in [6, 6.07) is 9.60. The quantitative estimate of drug-likeness (QED) is 0.819. The molecule has 6 heteroatoms. The van der Waals surface area contributed by atoms with Crippen LogP contribution >= 0.6 is 0 Å². The summed E-state index contributed by atoms with van der Waals surface area (Å²) in [6.07, 6.45) is 1.25. The molecule has 2 heterocycles. The predicted molar refractivity (Wildman–Crippen MR) is 75.3 cm³/mol. The lowest BCUT2D eigenvalue weighted by atomic mass is 9.85. The Hall–Kier alpha value is -3.07. The first kappa shape index (κ1) is 12.9. The highest BCUT2D eigenvalue weighted by molar-refractivity contribution is 5.52. The van der Waals surface area contributed by atoms with Crippen molar-refractivity contribution in [2.24, 2.45) is 5.73 Å². The maximum Gasteiger partial charge on any atom is 0.258 e. The SMILES string of the molecule is Cc1ccc([C@@H]2C(C#N)=C(N)Oc3nc[nH]c(=O)c32)cc1. The van der Waals surface area contributed by atoms with E-state index in [0.29, 0.717) is 5.56 Å². The predicted octanol–water partition coefficient (Wildman–Crippen LogP) is 1.30. The summed E-state index contributed by atoms with van der Waals surface area (Å²) in [5.74, 6) is -0.453. The molecule has 1 aromatic carbocycles. The number of nitrogens with one attached hydrogen (secondary N) is 1. The Labute approximate surface area is 120 Å². The number of ether oxygens (including phenoxy) is 1. The molecule has 0 unspecified atom stereocenters. The molecule has 0 saturated carbocycles. The van der Waals surface area contributed by atoms with Gasteiger partial charge in [0.05, 0.1) is 17.8 Å². The maximum absolute atomic E-state index is 12.1. The standard InChI is InChI=1S/C15H12N4O2/c1-8-2-4-9(5-3-8)11-10(6-16)13(17)21-15-12(11)14(20)18-7-19-15/h2-5,7,11H,17H2,1H3,(H,18,19,20)/t11-/m1/s1. The lowest BCUT2D eigenvalue weighted by Gasteiger charge is -2.24. The Bertz CT molecular complexity index is 828. The van der Waals surface area contributed by atoms with Crippen LogP contribution in [0.1, 0.15) is 22.6 Å². The summed E-state index contributed by atoms with van der Waals surface area (Å²) >= 11 is 0. The van der Waals surface area contributed by atoms with Gasteiger partial charge in [-0.2, -0.15) is 5.26 Å². The van der Waals surface area contributed by atoms with Gasteiger partial charge in [0, 0.05) is 0 Å². The molecular formula is C15H12N4O2. The van der Waals surface area contributed by atoms with Crippen molar-refractivity contribution in [3.8, 4) is 11.9 Å². The lowest BCUT2D eigenvalue weighted by Crippen LogP contribution is -2.28. The Kier molecular flexibility index (Phi) is 2.95. The first-order chi connectivity index (χ1) is 10.1. The molecule has 0 aliphatic carbocycles. The van der Waals surface area contributed by atoms with Crippen molar-refractivity contribution in [1.29, 1.82) is 5.26 Å². The molecule has 1 aliphatic heterocycles. The second-order valence-electron chi connectivity index (χ2n) is 4.79. The largest absolute Gasteiger partial charge is 0.422 e. The number of hydrogen-bond acceptors (Lipinski definition) is 5. The first-order valence-corrected chi connectivity index (χ1v) is 6.33. The fraction of sp³-hybridized carbons (Fsp3) is 0.133.